The van der Waals surface area contributed by atoms with E-state index in [4.69, 9.17) is 0 Å². The third-order valence-electron chi connectivity index (χ3n) is 5.72. The standard InChI is InChI=1S/C24H19FN6O3S/c1-13-14(2)26-24(28-22(13)33)31-20(11-18(29-31)19-4-3-9-35-19)27-23(34)15-10-21(32)30(12-15)17-7-5-16(25)6-8-17/h3-9,11,15H,1,10,12H2,2H3,(H,27,34). The summed E-state index contributed by atoms with van der Waals surface area (Å²) in [7, 11) is 0. The van der Waals surface area contributed by atoms with Gasteiger partial charge in [-0.25, -0.2) is 9.38 Å². The average Bonchev–Trinajstić information content (AvgIpc) is 3.58. The van der Waals surface area contributed by atoms with Gasteiger partial charge in [-0.3, -0.25) is 14.4 Å². The fourth-order valence-corrected chi connectivity index (χ4v) is 4.48. The quantitative estimate of drug-likeness (QED) is 0.565. The molecule has 35 heavy (non-hydrogen) atoms. The van der Waals surface area contributed by atoms with Gasteiger partial charge in [-0.2, -0.15) is 14.8 Å². The third-order valence-corrected chi connectivity index (χ3v) is 6.61. The molecule has 0 radical (unpaired) electrons. The number of benzene rings is 1. The molecule has 1 N–H and O–H groups in total. The second-order valence-corrected chi connectivity index (χ2v) is 9.02. The van der Waals surface area contributed by atoms with Crippen molar-refractivity contribution >= 4 is 52.2 Å². The summed E-state index contributed by atoms with van der Waals surface area (Å²) >= 11 is 1.47. The fourth-order valence-electron chi connectivity index (χ4n) is 3.80. The third kappa shape index (κ3) is 4.33. The lowest BCUT2D eigenvalue weighted by Crippen LogP contribution is -2.30. The number of carbonyl (C=O) groups is 3. The van der Waals surface area contributed by atoms with Crippen LogP contribution in [0.5, 0.6) is 0 Å². The first-order valence-electron chi connectivity index (χ1n) is 10.7. The first-order chi connectivity index (χ1) is 16.8. The molecule has 0 saturated carbocycles. The molecule has 4 heterocycles. The smallest absolute Gasteiger partial charge is 0.281 e. The Morgan fingerprint density at radius 1 is 1.20 bits per heavy atom. The van der Waals surface area contributed by atoms with Crippen molar-refractivity contribution in [2.75, 3.05) is 16.8 Å². The number of aliphatic imine (C=N–C) groups is 2. The van der Waals surface area contributed by atoms with Gasteiger partial charge in [0.2, 0.25) is 11.8 Å². The second kappa shape index (κ2) is 8.84. The normalized spacial score (nSPS) is 18.1. The lowest BCUT2D eigenvalue weighted by atomic mass is 10.1. The average molecular weight is 491 g/mol. The first kappa shape index (κ1) is 22.5. The summed E-state index contributed by atoms with van der Waals surface area (Å²) in [5.74, 6) is -1.93. The number of hydrogen-bond acceptors (Lipinski definition) is 6. The number of halogens is 1. The van der Waals surface area contributed by atoms with Crippen LogP contribution in [0.15, 0.2) is 70.0 Å². The van der Waals surface area contributed by atoms with Crippen LogP contribution in [-0.2, 0) is 14.4 Å². The summed E-state index contributed by atoms with van der Waals surface area (Å²) in [4.78, 5) is 48.5. The fraction of sp³-hybridized carbons (Fsp3) is 0.167. The minimum absolute atomic E-state index is 0.00560. The summed E-state index contributed by atoms with van der Waals surface area (Å²) in [6, 6.07) is 11.0. The highest BCUT2D eigenvalue weighted by atomic mass is 32.1. The molecule has 3 amide bonds. The Bertz CT molecular complexity index is 1420. The van der Waals surface area contributed by atoms with Crippen LogP contribution in [0, 0.1) is 11.7 Å². The van der Waals surface area contributed by atoms with Gasteiger partial charge in [-0.15, -0.1) is 11.3 Å². The van der Waals surface area contributed by atoms with Crippen LogP contribution in [0.25, 0.3) is 10.6 Å². The highest BCUT2D eigenvalue weighted by Crippen LogP contribution is 2.29. The summed E-state index contributed by atoms with van der Waals surface area (Å²) in [6.45, 7) is 5.47. The topological polar surface area (TPSA) is 109 Å². The second-order valence-electron chi connectivity index (χ2n) is 8.07. The predicted octanol–water partition coefficient (Wildman–Crippen LogP) is 3.50. The highest BCUT2D eigenvalue weighted by molar-refractivity contribution is 7.13. The van der Waals surface area contributed by atoms with Crippen molar-refractivity contribution in [3.8, 4) is 10.6 Å². The number of rotatable bonds is 4. The lowest BCUT2D eigenvalue weighted by Gasteiger charge is -2.17. The van der Waals surface area contributed by atoms with Crippen LogP contribution in [-0.4, -0.2) is 45.7 Å². The molecule has 176 valence electrons. The molecule has 2 aliphatic rings. The zero-order chi connectivity index (χ0) is 24.7. The van der Waals surface area contributed by atoms with Gasteiger partial charge in [0.15, 0.2) is 0 Å². The molecule has 1 fully saturated rings. The van der Waals surface area contributed by atoms with Gasteiger partial charge in [0.25, 0.3) is 11.9 Å². The zero-order valence-electron chi connectivity index (χ0n) is 18.6. The largest absolute Gasteiger partial charge is 0.312 e. The number of thiophene rings is 1. The summed E-state index contributed by atoms with van der Waals surface area (Å²) in [6.07, 6.45) is 0.00560. The molecule has 1 aromatic carbocycles. The van der Waals surface area contributed by atoms with Gasteiger partial charge in [0.1, 0.15) is 17.3 Å². The van der Waals surface area contributed by atoms with Gasteiger partial charge in [-0.05, 0) is 42.6 Å². The Kier molecular flexibility index (Phi) is 5.69. The molecular weight excluding hydrogens is 471 g/mol. The maximum Gasteiger partial charge on any atom is 0.281 e. The van der Waals surface area contributed by atoms with Crippen molar-refractivity contribution in [2.45, 2.75) is 13.3 Å². The minimum Gasteiger partial charge on any atom is -0.312 e. The van der Waals surface area contributed by atoms with Crippen LogP contribution in [0.1, 0.15) is 13.3 Å². The minimum atomic E-state index is -0.638. The van der Waals surface area contributed by atoms with Crippen molar-refractivity contribution in [1.82, 2.24) is 9.78 Å². The van der Waals surface area contributed by atoms with Crippen LogP contribution in [0.3, 0.4) is 0 Å². The van der Waals surface area contributed by atoms with E-state index in [1.807, 2.05) is 17.5 Å². The number of anilines is 2. The number of carbonyl (C=O) groups excluding carboxylic acids is 3. The Labute approximate surface area is 203 Å². The van der Waals surface area contributed by atoms with Crippen molar-refractivity contribution in [3.05, 3.63) is 65.8 Å². The van der Waals surface area contributed by atoms with Crippen molar-refractivity contribution in [3.63, 3.8) is 0 Å². The molecule has 0 bridgehead atoms. The number of hydrogen-bond donors (Lipinski definition) is 1. The van der Waals surface area contributed by atoms with E-state index >= 15 is 0 Å². The van der Waals surface area contributed by atoms with Crippen LogP contribution in [0.2, 0.25) is 0 Å². The molecule has 9 nitrogen and oxygen atoms in total. The van der Waals surface area contributed by atoms with Gasteiger partial charge in [0, 0.05) is 24.7 Å². The molecule has 3 aromatic rings. The van der Waals surface area contributed by atoms with Gasteiger partial charge >= 0.3 is 0 Å². The molecule has 2 aliphatic heterocycles. The number of nitrogens with one attached hydrogen (secondary N) is 1. The maximum atomic E-state index is 13.3. The molecule has 1 atom stereocenters. The van der Waals surface area contributed by atoms with E-state index in [0.717, 1.165) is 4.88 Å². The monoisotopic (exact) mass is 490 g/mol. The van der Waals surface area contributed by atoms with Crippen molar-refractivity contribution in [1.29, 1.82) is 0 Å². The van der Waals surface area contributed by atoms with E-state index in [1.165, 1.54) is 45.2 Å². The lowest BCUT2D eigenvalue weighted by molar-refractivity contribution is -0.122. The van der Waals surface area contributed by atoms with Crippen molar-refractivity contribution < 1.29 is 18.8 Å². The maximum absolute atomic E-state index is 13.3. The SMILES string of the molecule is C=C1C(=O)N=C(n2nc(-c3cccs3)cc2NC(=O)C2CC(=O)N(c3ccc(F)cc3)C2)N=C1C. The molecule has 0 spiro atoms. The van der Waals surface area contributed by atoms with E-state index in [-0.39, 0.29) is 36.2 Å². The van der Waals surface area contributed by atoms with Crippen LogP contribution < -0.4 is 10.2 Å². The predicted molar refractivity (Wildman–Crippen MR) is 131 cm³/mol. The summed E-state index contributed by atoms with van der Waals surface area (Å²) < 4.78 is 14.6. The van der Waals surface area contributed by atoms with E-state index < -0.39 is 23.5 Å². The van der Waals surface area contributed by atoms with Crippen LogP contribution >= 0.6 is 11.3 Å². The summed E-state index contributed by atoms with van der Waals surface area (Å²) in [5, 5.41) is 9.23. The Balaban J connectivity index is 1.42. The van der Waals surface area contributed by atoms with E-state index in [9.17, 15) is 18.8 Å². The Morgan fingerprint density at radius 3 is 2.66 bits per heavy atom. The molecule has 1 saturated heterocycles. The number of amides is 3. The molecule has 11 heteroatoms. The Morgan fingerprint density at radius 2 is 1.97 bits per heavy atom. The highest BCUT2D eigenvalue weighted by Gasteiger charge is 2.36. The molecule has 2 aromatic heterocycles. The van der Waals surface area contributed by atoms with E-state index in [2.05, 4.69) is 27.0 Å². The number of aromatic nitrogens is 2. The van der Waals surface area contributed by atoms with Crippen LogP contribution in [0.4, 0.5) is 15.9 Å². The van der Waals surface area contributed by atoms with Crippen molar-refractivity contribution in [2.24, 2.45) is 15.9 Å². The molecule has 5 rings (SSSR count). The Hall–Kier alpha value is -4.25. The number of nitrogens with zero attached hydrogens (tertiary/aromatic N) is 5. The van der Waals surface area contributed by atoms with E-state index in [1.54, 1.807) is 13.0 Å². The molecule has 1 unspecified atom stereocenters. The first-order valence-corrected chi connectivity index (χ1v) is 11.6. The molecular formula is C24H19FN6O3S. The summed E-state index contributed by atoms with van der Waals surface area (Å²) in [5.41, 5.74) is 1.69. The zero-order valence-corrected chi connectivity index (χ0v) is 19.4. The van der Waals surface area contributed by atoms with Gasteiger partial charge in [0.05, 0.1) is 22.1 Å². The van der Waals surface area contributed by atoms with Gasteiger partial charge < -0.3 is 10.2 Å². The van der Waals surface area contributed by atoms with E-state index in [0.29, 0.717) is 17.1 Å². The van der Waals surface area contributed by atoms with Gasteiger partial charge in [-0.1, -0.05) is 12.6 Å². The molecule has 0 aliphatic carbocycles.